The van der Waals surface area contributed by atoms with E-state index < -0.39 is 5.38 Å². The number of carbonyl (C=O) groups excluding carboxylic acids is 1. The predicted octanol–water partition coefficient (Wildman–Crippen LogP) is 4.21. The smallest absolute Gasteiger partial charge is 0.242 e. The number of anilines is 1. The van der Waals surface area contributed by atoms with Gasteiger partial charge in [-0.1, -0.05) is 34.8 Å². The molecule has 0 aliphatic heterocycles. The van der Waals surface area contributed by atoms with Gasteiger partial charge in [-0.3, -0.25) is 4.79 Å². The van der Waals surface area contributed by atoms with E-state index in [1.807, 2.05) is 0 Å². The quantitative estimate of drug-likeness (QED) is 0.640. The van der Waals surface area contributed by atoms with Crippen LogP contribution in [0.4, 0.5) is 5.69 Å². The zero-order valence-electron chi connectivity index (χ0n) is 7.65. The standard InChI is InChI=1S/C9H7Cl4NO/c1-4(10)9(15)14-8-3-6(12)5(11)2-7(8)13/h2-4H,1H3,(H,14,15)/t4-/m1/s1. The minimum absolute atomic E-state index is 0.315. The van der Waals surface area contributed by atoms with Crippen molar-refractivity contribution in [2.45, 2.75) is 12.3 Å². The summed E-state index contributed by atoms with van der Waals surface area (Å²) in [5, 5.41) is 2.85. The lowest BCUT2D eigenvalue weighted by molar-refractivity contribution is -0.115. The van der Waals surface area contributed by atoms with E-state index >= 15 is 0 Å². The maximum Gasteiger partial charge on any atom is 0.242 e. The maximum atomic E-state index is 11.3. The van der Waals surface area contributed by atoms with Crippen LogP contribution in [0, 0.1) is 0 Å². The Labute approximate surface area is 107 Å². The molecule has 1 rings (SSSR count). The molecule has 1 amide bonds. The molecular weight excluding hydrogens is 280 g/mol. The number of amides is 1. The molecule has 0 aromatic heterocycles. The van der Waals surface area contributed by atoms with Gasteiger partial charge in [-0.25, -0.2) is 0 Å². The molecule has 0 spiro atoms. The molecule has 1 N–H and O–H groups in total. The first-order valence-corrected chi connectivity index (χ1v) is 5.58. The van der Waals surface area contributed by atoms with Gasteiger partial charge in [0, 0.05) is 0 Å². The lowest BCUT2D eigenvalue weighted by atomic mass is 10.3. The van der Waals surface area contributed by atoms with Crippen LogP contribution >= 0.6 is 46.4 Å². The Morgan fingerprint density at radius 3 is 2.27 bits per heavy atom. The molecule has 1 aromatic rings. The van der Waals surface area contributed by atoms with Gasteiger partial charge in [0.25, 0.3) is 0 Å². The van der Waals surface area contributed by atoms with Crippen molar-refractivity contribution in [1.82, 2.24) is 0 Å². The first-order valence-electron chi connectivity index (χ1n) is 4.01. The third kappa shape index (κ3) is 3.42. The molecule has 2 nitrogen and oxygen atoms in total. The molecule has 0 saturated heterocycles. The SMILES string of the molecule is C[C@@H](Cl)C(=O)Nc1cc(Cl)c(Cl)cc1Cl. The Balaban J connectivity index is 2.96. The van der Waals surface area contributed by atoms with Gasteiger partial charge in [0.15, 0.2) is 0 Å². The molecule has 0 heterocycles. The zero-order valence-corrected chi connectivity index (χ0v) is 10.7. The molecule has 0 fully saturated rings. The van der Waals surface area contributed by atoms with E-state index in [-0.39, 0.29) is 5.91 Å². The van der Waals surface area contributed by atoms with Crippen molar-refractivity contribution < 1.29 is 4.79 Å². The fraction of sp³-hybridized carbons (Fsp3) is 0.222. The summed E-state index contributed by atoms with van der Waals surface area (Å²) in [4.78, 5) is 11.3. The minimum Gasteiger partial charge on any atom is -0.323 e. The second kappa shape index (κ2) is 5.26. The van der Waals surface area contributed by atoms with Crippen LogP contribution in [0.3, 0.4) is 0 Å². The predicted molar refractivity (Wildman–Crippen MR) is 65.4 cm³/mol. The second-order valence-corrected chi connectivity index (χ2v) is 4.73. The largest absolute Gasteiger partial charge is 0.323 e. The number of halogens is 4. The van der Waals surface area contributed by atoms with Crippen LogP contribution in [-0.4, -0.2) is 11.3 Å². The average Bonchev–Trinajstić information content (AvgIpc) is 2.13. The maximum absolute atomic E-state index is 11.3. The Hall–Kier alpha value is -0.150. The first-order chi connectivity index (χ1) is 6.91. The number of rotatable bonds is 2. The fourth-order valence-corrected chi connectivity index (χ4v) is 1.50. The van der Waals surface area contributed by atoms with Crippen LogP contribution in [0.25, 0.3) is 0 Å². The van der Waals surface area contributed by atoms with Gasteiger partial charge in [0.2, 0.25) is 5.91 Å². The third-order valence-corrected chi connectivity index (χ3v) is 2.86. The number of nitrogens with one attached hydrogen (secondary N) is 1. The van der Waals surface area contributed by atoms with Crippen molar-refractivity contribution >= 4 is 58.0 Å². The van der Waals surface area contributed by atoms with E-state index in [1.54, 1.807) is 6.92 Å². The lowest BCUT2D eigenvalue weighted by Crippen LogP contribution is -2.20. The molecule has 0 bridgehead atoms. The summed E-state index contributed by atoms with van der Waals surface area (Å²) < 4.78 is 0. The average molecular weight is 287 g/mol. The van der Waals surface area contributed by atoms with Crippen LogP contribution in [0.5, 0.6) is 0 Å². The van der Waals surface area contributed by atoms with Crippen molar-refractivity contribution in [3.63, 3.8) is 0 Å². The summed E-state index contributed by atoms with van der Waals surface area (Å²) in [6.07, 6.45) is 0. The molecule has 6 heteroatoms. The third-order valence-electron chi connectivity index (χ3n) is 1.63. The van der Waals surface area contributed by atoms with Crippen LogP contribution in [0.15, 0.2) is 12.1 Å². The Kier molecular flexibility index (Phi) is 4.53. The van der Waals surface area contributed by atoms with Gasteiger partial charge in [-0.05, 0) is 19.1 Å². The highest BCUT2D eigenvalue weighted by molar-refractivity contribution is 6.44. The molecular formula is C9H7Cl4NO. The van der Waals surface area contributed by atoms with E-state index in [9.17, 15) is 4.79 Å². The van der Waals surface area contributed by atoms with E-state index in [4.69, 9.17) is 46.4 Å². The van der Waals surface area contributed by atoms with Crippen molar-refractivity contribution in [2.75, 3.05) is 5.32 Å². The van der Waals surface area contributed by atoms with Gasteiger partial charge in [0.1, 0.15) is 5.38 Å². The Bertz CT molecular complexity index is 392. The molecule has 0 aliphatic rings. The van der Waals surface area contributed by atoms with Crippen molar-refractivity contribution in [1.29, 1.82) is 0 Å². The van der Waals surface area contributed by atoms with Gasteiger partial charge >= 0.3 is 0 Å². The topological polar surface area (TPSA) is 29.1 Å². The molecule has 1 atom stereocenters. The molecule has 0 saturated carbocycles. The Morgan fingerprint density at radius 1 is 1.20 bits per heavy atom. The number of hydrogen-bond donors (Lipinski definition) is 1. The van der Waals surface area contributed by atoms with Gasteiger partial charge < -0.3 is 5.32 Å². The highest BCUT2D eigenvalue weighted by Crippen LogP contribution is 2.32. The van der Waals surface area contributed by atoms with E-state index in [0.29, 0.717) is 20.8 Å². The number of benzene rings is 1. The highest BCUT2D eigenvalue weighted by Gasteiger charge is 2.12. The van der Waals surface area contributed by atoms with Gasteiger partial charge in [-0.15, -0.1) is 11.6 Å². The lowest BCUT2D eigenvalue weighted by Gasteiger charge is -2.09. The molecule has 1 aromatic carbocycles. The number of hydrogen-bond acceptors (Lipinski definition) is 1. The van der Waals surface area contributed by atoms with Gasteiger partial charge in [-0.2, -0.15) is 0 Å². The van der Waals surface area contributed by atoms with Crippen LogP contribution < -0.4 is 5.32 Å². The molecule has 0 radical (unpaired) electrons. The van der Waals surface area contributed by atoms with E-state index in [1.165, 1.54) is 12.1 Å². The van der Waals surface area contributed by atoms with Crippen LogP contribution in [0.2, 0.25) is 15.1 Å². The van der Waals surface area contributed by atoms with Crippen molar-refractivity contribution in [2.24, 2.45) is 0 Å². The molecule has 0 aliphatic carbocycles. The number of alkyl halides is 1. The normalized spacial score (nSPS) is 12.3. The molecule has 0 unspecified atom stereocenters. The first kappa shape index (κ1) is 12.9. The van der Waals surface area contributed by atoms with Crippen molar-refractivity contribution in [3.8, 4) is 0 Å². The van der Waals surface area contributed by atoms with E-state index in [0.717, 1.165) is 0 Å². The van der Waals surface area contributed by atoms with E-state index in [2.05, 4.69) is 5.32 Å². The Morgan fingerprint density at radius 2 is 1.73 bits per heavy atom. The molecule has 15 heavy (non-hydrogen) atoms. The summed E-state index contributed by atoms with van der Waals surface area (Å²) in [5.41, 5.74) is 0.392. The monoisotopic (exact) mass is 285 g/mol. The zero-order chi connectivity index (χ0) is 11.6. The van der Waals surface area contributed by atoms with Crippen LogP contribution in [-0.2, 0) is 4.79 Å². The summed E-state index contributed by atoms with van der Waals surface area (Å²) in [7, 11) is 0. The molecule has 82 valence electrons. The summed E-state index contributed by atoms with van der Waals surface area (Å²) >= 11 is 22.9. The van der Waals surface area contributed by atoms with Crippen molar-refractivity contribution in [3.05, 3.63) is 27.2 Å². The summed E-state index contributed by atoms with van der Waals surface area (Å²) in [5.74, 6) is -0.350. The highest BCUT2D eigenvalue weighted by atomic mass is 35.5. The summed E-state index contributed by atoms with van der Waals surface area (Å²) in [6, 6.07) is 2.93. The van der Waals surface area contributed by atoms with Crippen LogP contribution in [0.1, 0.15) is 6.92 Å². The van der Waals surface area contributed by atoms with Gasteiger partial charge in [0.05, 0.1) is 20.8 Å². The summed E-state index contributed by atoms with van der Waals surface area (Å²) in [6.45, 7) is 1.56. The fourth-order valence-electron chi connectivity index (χ4n) is 0.851. The number of carbonyl (C=O) groups is 1. The minimum atomic E-state index is -0.643. The second-order valence-electron chi connectivity index (χ2n) is 2.85.